The van der Waals surface area contributed by atoms with Crippen molar-refractivity contribution in [3.63, 3.8) is 0 Å². The van der Waals surface area contributed by atoms with Crippen molar-refractivity contribution < 1.29 is 14.6 Å². The highest BCUT2D eigenvalue weighted by atomic mass is 35.5. The van der Waals surface area contributed by atoms with Crippen LogP contribution in [0.2, 0.25) is 0 Å². The third-order valence-corrected chi connectivity index (χ3v) is 5.67. The molecule has 1 fully saturated rings. The summed E-state index contributed by atoms with van der Waals surface area (Å²) in [5, 5.41) is 21.2. The summed E-state index contributed by atoms with van der Waals surface area (Å²) in [7, 11) is 0. The number of fused-ring (bicyclic) bond motifs is 1. The van der Waals surface area contributed by atoms with E-state index in [9.17, 15) is 9.90 Å². The number of benzene rings is 2. The Hall–Kier alpha value is -3.01. The van der Waals surface area contributed by atoms with Crippen LogP contribution in [-0.2, 0) is 11.3 Å². The molecule has 2 heterocycles. The zero-order valence-corrected chi connectivity index (χ0v) is 17.5. The predicted octanol–water partition coefficient (Wildman–Crippen LogP) is 4.27. The number of nitrogens with one attached hydrogen (secondary N) is 1. The Balaban J connectivity index is 0.00000256. The summed E-state index contributed by atoms with van der Waals surface area (Å²) in [6.45, 7) is 3.76. The van der Waals surface area contributed by atoms with Gasteiger partial charge in [-0.2, -0.15) is 5.26 Å². The topological polar surface area (TPSA) is 89.3 Å². The van der Waals surface area contributed by atoms with Crippen molar-refractivity contribution in [2.75, 3.05) is 13.1 Å². The fourth-order valence-electron chi connectivity index (χ4n) is 3.96. The second kappa shape index (κ2) is 8.78. The third-order valence-electron chi connectivity index (χ3n) is 5.67. The van der Waals surface area contributed by atoms with E-state index in [0.29, 0.717) is 43.8 Å². The number of aryl methyl sites for hydroxylation is 1. The number of rotatable bonds is 5. The van der Waals surface area contributed by atoms with Gasteiger partial charge in [-0.05, 0) is 35.9 Å². The number of nitrogens with zero attached hydrogens (tertiary/aromatic N) is 2. The zero-order chi connectivity index (χ0) is 20.4. The Labute approximate surface area is 181 Å². The lowest BCUT2D eigenvalue weighted by atomic mass is 9.91. The summed E-state index contributed by atoms with van der Waals surface area (Å²) in [6, 6.07) is 17.7. The van der Waals surface area contributed by atoms with Gasteiger partial charge in [-0.1, -0.05) is 30.3 Å². The number of hydrogen-bond donors (Lipinski definition) is 2. The minimum Gasteiger partial charge on any atom is -0.478 e. The van der Waals surface area contributed by atoms with E-state index in [0.717, 1.165) is 22.2 Å². The first-order valence-corrected chi connectivity index (χ1v) is 9.71. The van der Waals surface area contributed by atoms with Crippen LogP contribution in [0.1, 0.15) is 29.8 Å². The number of carboxylic acids is 1. The molecule has 1 aliphatic heterocycles. The SMILES string of the molecule is Cc1[nH]c(CN2CCC(Oc3ccc4ccccc4c3)(C(=O)O)CC2)cc1C#N.Cl. The van der Waals surface area contributed by atoms with Crippen LogP contribution in [0.15, 0.2) is 48.5 Å². The summed E-state index contributed by atoms with van der Waals surface area (Å²) in [5.74, 6) is -0.342. The molecule has 1 aromatic heterocycles. The first kappa shape index (κ1) is 21.7. The minimum atomic E-state index is -1.22. The maximum Gasteiger partial charge on any atom is 0.348 e. The molecule has 7 heteroatoms. The standard InChI is InChI=1S/C23H23N3O3.ClH/c1-16-19(14-24)12-20(25-16)15-26-10-8-23(9-11-26,22(27)28)29-21-7-6-17-4-2-3-5-18(17)13-21;/h2-7,12-13,25H,8-11,15H2,1H3,(H,27,28);1H. The Morgan fingerprint density at radius 1 is 1.20 bits per heavy atom. The molecular weight excluding hydrogens is 402 g/mol. The summed E-state index contributed by atoms with van der Waals surface area (Å²) in [4.78, 5) is 17.5. The van der Waals surface area contributed by atoms with E-state index < -0.39 is 11.6 Å². The van der Waals surface area contributed by atoms with Gasteiger partial charge in [0.1, 0.15) is 11.8 Å². The van der Waals surface area contributed by atoms with Crippen molar-refractivity contribution in [1.29, 1.82) is 5.26 Å². The molecule has 0 unspecified atom stereocenters. The Bertz CT molecular complexity index is 1090. The molecule has 2 N–H and O–H groups in total. The van der Waals surface area contributed by atoms with Crippen molar-refractivity contribution in [3.05, 3.63) is 65.5 Å². The Kier molecular flexibility index (Phi) is 6.35. The number of likely N-dealkylation sites (tertiary alicyclic amines) is 1. The molecule has 0 saturated carbocycles. The van der Waals surface area contributed by atoms with Gasteiger partial charge in [0, 0.05) is 43.9 Å². The van der Waals surface area contributed by atoms with Gasteiger partial charge in [-0.15, -0.1) is 12.4 Å². The molecule has 0 atom stereocenters. The fourth-order valence-corrected chi connectivity index (χ4v) is 3.96. The number of carboxylic acid groups (broad SMARTS) is 1. The quantitative estimate of drug-likeness (QED) is 0.637. The predicted molar refractivity (Wildman–Crippen MR) is 117 cm³/mol. The van der Waals surface area contributed by atoms with Crippen LogP contribution in [0.5, 0.6) is 5.75 Å². The van der Waals surface area contributed by atoms with Crippen LogP contribution < -0.4 is 4.74 Å². The second-order valence-electron chi connectivity index (χ2n) is 7.63. The average Bonchev–Trinajstić information content (AvgIpc) is 3.08. The van der Waals surface area contributed by atoms with Crippen LogP contribution in [-0.4, -0.2) is 39.7 Å². The first-order valence-electron chi connectivity index (χ1n) is 9.71. The second-order valence-corrected chi connectivity index (χ2v) is 7.63. The molecule has 4 rings (SSSR count). The fraction of sp³-hybridized carbons (Fsp3) is 0.304. The molecule has 0 spiro atoms. The normalized spacial score (nSPS) is 15.9. The van der Waals surface area contributed by atoms with Crippen molar-refractivity contribution in [2.45, 2.75) is 31.9 Å². The lowest BCUT2D eigenvalue weighted by Gasteiger charge is -2.38. The summed E-state index contributed by atoms with van der Waals surface area (Å²) in [5.41, 5.74) is 1.26. The Morgan fingerprint density at radius 3 is 2.53 bits per heavy atom. The number of halogens is 1. The van der Waals surface area contributed by atoms with Crippen molar-refractivity contribution in [1.82, 2.24) is 9.88 Å². The highest BCUT2D eigenvalue weighted by Gasteiger charge is 2.44. The maximum absolute atomic E-state index is 12.1. The Morgan fingerprint density at radius 2 is 1.90 bits per heavy atom. The van der Waals surface area contributed by atoms with Crippen molar-refractivity contribution >= 4 is 29.1 Å². The molecule has 30 heavy (non-hydrogen) atoms. The number of aromatic amines is 1. The molecule has 156 valence electrons. The van der Waals surface area contributed by atoms with E-state index in [1.807, 2.05) is 55.5 Å². The number of nitriles is 1. The van der Waals surface area contributed by atoms with Crippen LogP contribution in [0, 0.1) is 18.3 Å². The van der Waals surface area contributed by atoms with Crippen LogP contribution in [0.3, 0.4) is 0 Å². The van der Waals surface area contributed by atoms with E-state index in [4.69, 9.17) is 10.00 Å². The molecule has 2 aromatic carbocycles. The molecular formula is C23H24ClN3O3. The van der Waals surface area contributed by atoms with E-state index in [1.54, 1.807) is 0 Å². The van der Waals surface area contributed by atoms with Crippen LogP contribution in [0.25, 0.3) is 10.8 Å². The summed E-state index contributed by atoms with van der Waals surface area (Å²) >= 11 is 0. The average molecular weight is 426 g/mol. The highest BCUT2D eigenvalue weighted by Crippen LogP contribution is 2.31. The van der Waals surface area contributed by atoms with Gasteiger partial charge < -0.3 is 14.8 Å². The smallest absolute Gasteiger partial charge is 0.348 e. The van der Waals surface area contributed by atoms with E-state index in [1.165, 1.54) is 0 Å². The highest BCUT2D eigenvalue weighted by molar-refractivity contribution is 5.85. The van der Waals surface area contributed by atoms with Gasteiger partial charge in [0.15, 0.2) is 0 Å². The van der Waals surface area contributed by atoms with Crippen molar-refractivity contribution in [3.8, 4) is 11.8 Å². The number of aromatic nitrogens is 1. The number of hydrogen-bond acceptors (Lipinski definition) is 4. The van der Waals surface area contributed by atoms with Crippen LogP contribution in [0.4, 0.5) is 0 Å². The number of piperidine rings is 1. The van der Waals surface area contributed by atoms with Gasteiger partial charge >= 0.3 is 5.97 Å². The van der Waals surface area contributed by atoms with Gasteiger partial charge in [-0.3, -0.25) is 4.90 Å². The molecule has 1 saturated heterocycles. The molecule has 0 radical (unpaired) electrons. The zero-order valence-electron chi connectivity index (χ0n) is 16.7. The van der Waals surface area contributed by atoms with Gasteiger partial charge in [0.05, 0.1) is 5.56 Å². The molecule has 6 nitrogen and oxygen atoms in total. The van der Waals surface area contributed by atoms with Gasteiger partial charge in [0.2, 0.25) is 5.60 Å². The largest absolute Gasteiger partial charge is 0.478 e. The first-order chi connectivity index (χ1) is 14.0. The summed E-state index contributed by atoms with van der Waals surface area (Å²) < 4.78 is 6.07. The molecule has 0 bridgehead atoms. The minimum absolute atomic E-state index is 0. The monoisotopic (exact) mass is 425 g/mol. The molecule has 0 aliphatic carbocycles. The lowest BCUT2D eigenvalue weighted by molar-refractivity contribution is -0.159. The number of carbonyl (C=O) groups is 1. The van der Waals surface area contributed by atoms with E-state index in [2.05, 4.69) is 16.0 Å². The molecule has 0 amide bonds. The summed E-state index contributed by atoms with van der Waals surface area (Å²) in [6.07, 6.45) is 0.805. The van der Waals surface area contributed by atoms with Crippen LogP contribution >= 0.6 is 12.4 Å². The number of ether oxygens (including phenoxy) is 1. The van der Waals surface area contributed by atoms with Gasteiger partial charge in [-0.25, -0.2) is 4.79 Å². The van der Waals surface area contributed by atoms with E-state index >= 15 is 0 Å². The number of aliphatic carboxylic acids is 1. The van der Waals surface area contributed by atoms with Gasteiger partial charge in [0.25, 0.3) is 0 Å². The van der Waals surface area contributed by atoms with Crippen molar-refractivity contribution in [2.24, 2.45) is 0 Å². The lowest BCUT2D eigenvalue weighted by Crippen LogP contribution is -2.53. The van der Waals surface area contributed by atoms with E-state index in [-0.39, 0.29) is 12.4 Å². The third kappa shape index (κ3) is 4.28. The molecule has 1 aliphatic rings. The number of H-pyrrole nitrogens is 1. The molecule has 3 aromatic rings. The maximum atomic E-state index is 12.1.